The maximum absolute atomic E-state index is 13.1. The number of amides is 2. The fraction of sp³-hybridized carbons (Fsp3) is 0.105. The van der Waals surface area contributed by atoms with Gasteiger partial charge in [-0.15, -0.1) is 21.5 Å². The maximum Gasteiger partial charge on any atom is 0.286 e. The highest BCUT2D eigenvalue weighted by Crippen LogP contribution is 2.29. The summed E-state index contributed by atoms with van der Waals surface area (Å²) in [5.41, 5.74) is 2.20. The highest BCUT2D eigenvalue weighted by atomic mass is 32.2. The number of nitrogens with zero attached hydrogens (tertiary/aromatic N) is 5. The Morgan fingerprint density at radius 3 is 2.78 bits per heavy atom. The Kier molecular flexibility index (Phi) is 5.11. The number of fused-ring (bicyclic) bond motifs is 1. The molecule has 2 N–H and O–H groups in total. The van der Waals surface area contributed by atoms with Gasteiger partial charge >= 0.3 is 0 Å². The van der Waals surface area contributed by atoms with E-state index in [0.29, 0.717) is 10.5 Å². The minimum Gasteiger partial charge on any atom is -0.419 e. The van der Waals surface area contributed by atoms with Gasteiger partial charge in [-0.05, 0) is 29.8 Å². The average molecular weight is 470 g/mol. The van der Waals surface area contributed by atoms with Crippen molar-refractivity contribution < 1.29 is 23.6 Å². The molecular weight excluding hydrogens is 459 g/mol. The molecule has 0 radical (unpaired) electrons. The van der Waals surface area contributed by atoms with Gasteiger partial charge in [-0.1, -0.05) is 23.0 Å². The van der Waals surface area contributed by atoms with Crippen LogP contribution in [0.3, 0.4) is 0 Å². The molecule has 3 aromatic heterocycles. The molecule has 5 rings (SSSR count). The standard InChI is InChI=1S/C19H11FN6O4S2/c20-13-4-2-9(7-21-13)8-1-3-10-11(5-8)31-18(22-10)15(26-29)17-25-24-14(30-17)6-12-16(27)23-19(28)32-12/h1-5,7,12,29H,6H2,(H,23,27,28)/b26-15+. The SMILES string of the molecule is O=C1NC(=O)C(Cc2nnc(/C(=N\O)c3nc4ccc(-c5ccc(F)nc5)cc4s3)o2)S1. The van der Waals surface area contributed by atoms with E-state index in [1.165, 1.54) is 23.6 Å². The smallest absolute Gasteiger partial charge is 0.286 e. The fourth-order valence-corrected chi connectivity index (χ4v) is 4.84. The summed E-state index contributed by atoms with van der Waals surface area (Å²) in [6.07, 6.45) is 1.50. The number of pyridine rings is 1. The first-order chi connectivity index (χ1) is 15.5. The van der Waals surface area contributed by atoms with Crippen LogP contribution < -0.4 is 5.32 Å². The van der Waals surface area contributed by atoms with E-state index >= 15 is 0 Å². The first-order valence-corrected chi connectivity index (χ1v) is 10.8. The summed E-state index contributed by atoms with van der Waals surface area (Å²) in [5, 5.41) is 22.0. The van der Waals surface area contributed by atoms with E-state index in [1.54, 1.807) is 12.1 Å². The largest absolute Gasteiger partial charge is 0.419 e. The number of carbonyl (C=O) groups is 2. The minimum atomic E-state index is -0.660. The molecule has 1 aliphatic rings. The number of thiazole rings is 1. The van der Waals surface area contributed by atoms with E-state index in [4.69, 9.17) is 4.42 Å². The van der Waals surface area contributed by atoms with E-state index in [-0.39, 0.29) is 23.9 Å². The van der Waals surface area contributed by atoms with Gasteiger partial charge in [-0.25, -0.2) is 9.97 Å². The summed E-state index contributed by atoms with van der Waals surface area (Å²) >= 11 is 2.09. The molecule has 0 saturated carbocycles. The predicted octanol–water partition coefficient (Wildman–Crippen LogP) is 3.00. The lowest BCUT2D eigenvalue weighted by molar-refractivity contribution is -0.119. The first kappa shape index (κ1) is 20.2. The number of oxime groups is 1. The summed E-state index contributed by atoms with van der Waals surface area (Å²) in [7, 11) is 0. The average Bonchev–Trinajstić information content (AvgIpc) is 3.48. The molecule has 0 aliphatic carbocycles. The van der Waals surface area contributed by atoms with Crippen LogP contribution in [0.1, 0.15) is 16.8 Å². The third-order valence-electron chi connectivity index (χ3n) is 4.55. The highest BCUT2D eigenvalue weighted by Gasteiger charge is 2.33. The molecule has 160 valence electrons. The number of nitrogens with one attached hydrogen (secondary N) is 1. The maximum atomic E-state index is 13.1. The van der Waals surface area contributed by atoms with Crippen LogP contribution in [0.15, 0.2) is 46.1 Å². The van der Waals surface area contributed by atoms with Crippen LogP contribution in [0, 0.1) is 5.95 Å². The van der Waals surface area contributed by atoms with Gasteiger partial charge in [0.15, 0.2) is 5.01 Å². The number of rotatable bonds is 5. The second-order valence-corrected chi connectivity index (χ2v) is 8.81. The molecule has 1 aliphatic heterocycles. The number of imide groups is 1. The summed E-state index contributed by atoms with van der Waals surface area (Å²) < 4.78 is 19.4. The van der Waals surface area contributed by atoms with E-state index < -0.39 is 22.3 Å². The molecule has 4 aromatic rings. The van der Waals surface area contributed by atoms with E-state index in [9.17, 15) is 19.2 Å². The van der Waals surface area contributed by atoms with Gasteiger partial charge in [-0.2, -0.15) is 4.39 Å². The molecule has 0 spiro atoms. The summed E-state index contributed by atoms with van der Waals surface area (Å²) in [6.45, 7) is 0. The lowest BCUT2D eigenvalue weighted by Gasteiger charge is -2.00. The molecule has 1 aromatic carbocycles. The van der Waals surface area contributed by atoms with E-state index in [1.807, 2.05) is 12.1 Å². The van der Waals surface area contributed by atoms with Gasteiger partial charge < -0.3 is 9.62 Å². The van der Waals surface area contributed by atoms with Crippen LogP contribution in [-0.2, 0) is 11.2 Å². The van der Waals surface area contributed by atoms with Crippen molar-refractivity contribution in [2.24, 2.45) is 5.16 Å². The second kappa shape index (κ2) is 8.09. The number of halogens is 1. The van der Waals surface area contributed by atoms with Crippen molar-refractivity contribution in [3.8, 4) is 11.1 Å². The van der Waals surface area contributed by atoms with Crippen molar-refractivity contribution in [3.05, 3.63) is 59.3 Å². The zero-order chi connectivity index (χ0) is 22.2. The van der Waals surface area contributed by atoms with Crippen LogP contribution in [0.25, 0.3) is 21.3 Å². The molecule has 1 atom stereocenters. The minimum absolute atomic E-state index is 0.0189. The van der Waals surface area contributed by atoms with Crippen molar-refractivity contribution in [1.82, 2.24) is 25.5 Å². The van der Waals surface area contributed by atoms with E-state index in [2.05, 4.69) is 30.6 Å². The van der Waals surface area contributed by atoms with Crippen molar-refractivity contribution in [3.63, 3.8) is 0 Å². The zero-order valence-corrected chi connectivity index (χ0v) is 17.5. The van der Waals surface area contributed by atoms with Gasteiger partial charge in [0, 0.05) is 18.2 Å². The Balaban J connectivity index is 1.41. The van der Waals surface area contributed by atoms with E-state index in [0.717, 1.165) is 27.6 Å². The van der Waals surface area contributed by atoms with Gasteiger partial charge in [0.25, 0.3) is 11.1 Å². The van der Waals surface area contributed by atoms with Gasteiger partial charge in [0.1, 0.15) is 5.25 Å². The van der Waals surface area contributed by atoms with Crippen LogP contribution >= 0.6 is 23.1 Å². The summed E-state index contributed by atoms with van der Waals surface area (Å²) in [5.74, 6) is -0.930. The molecule has 10 nitrogen and oxygen atoms in total. The molecule has 0 bridgehead atoms. The summed E-state index contributed by atoms with van der Waals surface area (Å²) in [6, 6.07) is 8.39. The van der Waals surface area contributed by atoms with Gasteiger partial charge in [-0.3, -0.25) is 14.9 Å². The Morgan fingerprint density at radius 2 is 2.06 bits per heavy atom. The molecule has 2 amide bonds. The highest BCUT2D eigenvalue weighted by molar-refractivity contribution is 8.15. The second-order valence-electron chi connectivity index (χ2n) is 6.61. The van der Waals surface area contributed by atoms with Crippen LogP contribution in [0.5, 0.6) is 0 Å². The Hall–Kier alpha value is -3.71. The molecule has 1 saturated heterocycles. The molecule has 4 heterocycles. The molecule has 1 unspecified atom stereocenters. The monoisotopic (exact) mass is 470 g/mol. The van der Waals surface area contributed by atoms with Crippen molar-refractivity contribution in [2.75, 3.05) is 0 Å². The lowest BCUT2D eigenvalue weighted by Crippen LogP contribution is -2.25. The Labute approximate surface area is 186 Å². The van der Waals surface area contributed by atoms with Crippen molar-refractivity contribution in [1.29, 1.82) is 0 Å². The Bertz CT molecular complexity index is 1380. The van der Waals surface area contributed by atoms with Crippen molar-refractivity contribution >= 4 is 50.2 Å². The molecular formula is C19H11FN6O4S2. The van der Waals surface area contributed by atoms with Crippen molar-refractivity contribution in [2.45, 2.75) is 11.7 Å². The number of aromatic nitrogens is 4. The number of carbonyl (C=O) groups excluding carboxylic acids is 2. The lowest BCUT2D eigenvalue weighted by atomic mass is 10.1. The number of thioether (sulfide) groups is 1. The fourth-order valence-electron chi connectivity index (χ4n) is 3.05. The molecule has 32 heavy (non-hydrogen) atoms. The van der Waals surface area contributed by atoms with Crippen LogP contribution in [0.2, 0.25) is 0 Å². The predicted molar refractivity (Wildman–Crippen MR) is 113 cm³/mol. The van der Waals surface area contributed by atoms with Gasteiger partial charge in [0.05, 0.1) is 10.2 Å². The number of hydrogen-bond donors (Lipinski definition) is 2. The third-order valence-corrected chi connectivity index (χ3v) is 6.55. The normalized spacial score (nSPS) is 16.7. The quantitative estimate of drug-likeness (QED) is 0.195. The molecule has 13 heteroatoms. The number of hydrogen-bond acceptors (Lipinski definition) is 11. The Morgan fingerprint density at radius 1 is 1.22 bits per heavy atom. The third kappa shape index (κ3) is 3.83. The summed E-state index contributed by atoms with van der Waals surface area (Å²) in [4.78, 5) is 31.1. The van der Waals surface area contributed by atoms with Gasteiger partial charge in [0.2, 0.25) is 23.5 Å². The number of benzene rings is 1. The first-order valence-electron chi connectivity index (χ1n) is 9.09. The molecule has 1 fully saturated rings. The van der Waals surface area contributed by atoms with Crippen LogP contribution in [-0.4, -0.2) is 47.5 Å². The zero-order valence-electron chi connectivity index (χ0n) is 15.9. The topological polar surface area (TPSA) is 143 Å². The van der Waals surface area contributed by atoms with Crippen LogP contribution in [0.4, 0.5) is 9.18 Å².